The van der Waals surface area contributed by atoms with Crippen LogP contribution < -0.4 is 0 Å². The molecule has 3 aromatic rings. The fourth-order valence-corrected chi connectivity index (χ4v) is 3.66. The average Bonchev–Trinajstić information content (AvgIpc) is 3.17. The molecule has 0 aliphatic carbocycles. The van der Waals surface area contributed by atoms with Gasteiger partial charge >= 0.3 is 5.97 Å². The Labute approximate surface area is 170 Å². The molecule has 1 aromatic carbocycles. The summed E-state index contributed by atoms with van der Waals surface area (Å²) in [7, 11) is 0. The van der Waals surface area contributed by atoms with Crippen molar-refractivity contribution in [3.05, 3.63) is 42.9 Å². The number of piperidine rings is 1. The molecule has 4 rings (SSSR count). The highest BCUT2D eigenvalue weighted by molar-refractivity contribution is 5.76. The van der Waals surface area contributed by atoms with Gasteiger partial charge in [-0.2, -0.15) is 5.10 Å². The topological polar surface area (TPSA) is 73.1 Å². The molecule has 0 amide bonds. The Morgan fingerprint density at radius 2 is 1.86 bits per heavy atom. The SMILES string of the molecule is CC(C)(C)OC(=O)CN1CCC(n2cc(-c3cnc4ccccc4n3)cn2)CC1. The lowest BCUT2D eigenvalue weighted by Crippen LogP contribution is -2.40. The molecule has 0 atom stereocenters. The van der Waals surface area contributed by atoms with Gasteiger partial charge in [0.2, 0.25) is 0 Å². The molecular weight excluding hydrogens is 366 g/mol. The molecule has 1 aliphatic heterocycles. The van der Waals surface area contributed by atoms with Crippen molar-refractivity contribution in [2.45, 2.75) is 45.3 Å². The zero-order valence-corrected chi connectivity index (χ0v) is 17.2. The van der Waals surface area contributed by atoms with Crippen LogP contribution in [0.3, 0.4) is 0 Å². The Hall–Kier alpha value is -2.80. The Kier molecular flexibility index (Phi) is 5.32. The molecule has 0 bridgehead atoms. The molecule has 7 heteroatoms. The van der Waals surface area contributed by atoms with Crippen LogP contribution in [0.2, 0.25) is 0 Å². The maximum absolute atomic E-state index is 12.0. The highest BCUT2D eigenvalue weighted by Gasteiger charge is 2.25. The van der Waals surface area contributed by atoms with E-state index >= 15 is 0 Å². The summed E-state index contributed by atoms with van der Waals surface area (Å²) in [5.41, 5.74) is 3.14. The lowest BCUT2D eigenvalue weighted by Gasteiger charge is -2.32. The van der Waals surface area contributed by atoms with E-state index in [0.717, 1.165) is 48.2 Å². The number of nitrogens with zero attached hydrogens (tertiary/aromatic N) is 5. The van der Waals surface area contributed by atoms with Gasteiger partial charge in [0.25, 0.3) is 0 Å². The van der Waals surface area contributed by atoms with E-state index in [-0.39, 0.29) is 5.97 Å². The molecule has 1 saturated heterocycles. The van der Waals surface area contributed by atoms with Crippen molar-refractivity contribution in [1.82, 2.24) is 24.6 Å². The number of esters is 1. The Balaban J connectivity index is 1.37. The van der Waals surface area contributed by atoms with Crippen molar-refractivity contribution in [2.75, 3.05) is 19.6 Å². The fraction of sp³-hybridized carbons (Fsp3) is 0.455. The Bertz CT molecular complexity index is 1000. The number of carbonyl (C=O) groups is 1. The molecule has 29 heavy (non-hydrogen) atoms. The largest absolute Gasteiger partial charge is 0.459 e. The second-order valence-electron chi connectivity index (χ2n) is 8.55. The number of aromatic nitrogens is 4. The summed E-state index contributed by atoms with van der Waals surface area (Å²) >= 11 is 0. The van der Waals surface area contributed by atoms with Gasteiger partial charge in [0, 0.05) is 24.8 Å². The van der Waals surface area contributed by atoms with E-state index in [2.05, 4.69) is 15.0 Å². The molecular formula is C22H27N5O2. The summed E-state index contributed by atoms with van der Waals surface area (Å²) in [5.74, 6) is -0.160. The van der Waals surface area contributed by atoms with Crippen molar-refractivity contribution < 1.29 is 9.53 Å². The van der Waals surface area contributed by atoms with E-state index in [9.17, 15) is 4.79 Å². The minimum absolute atomic E-state index is 0.160. The lowest BCUT2D eigenvalue weighted by atomic mass is 10.1. The fourth-order valence-electron chi connectivity index (χ4n) is 3.66. The predicted octanol–water partition coefficient (Wildman–Crippen LogP) is 3.47. The van der Waals surface area contributed by atoms with Crippen molar-refractivity contribution in [3.8, 4) is 11.3 Å². The number of carbonyl (C=O) groups excluding carboxylic acids is 1. The van der Waals surface area contributed by atoms with Gasteiger partial charge in [0.05, 0.1) is 41.7 Å². The summed E-state index contributed by atoms with van der Waals surface area (Å²) in [6.45, 7) is 7.75. The standard InChI is InChI=1S/C22H27N5O2/c1-22(2,3)29-21(28)15-26-10-8-17(9-11-26)27-14-16(12-24-27)20-13-23-18-6-4-5-7-19(18)25-20/h4-7,12-14,17H,8-11,15H2,1-3H3. The quantitative estimate of drug-likeness (QED) is 0.632. The Morgan fingerprint density at radius 1 is 1.14 bits per heavy atom. The number of para-hydroxylation sites is 2. The molecule has 7 nitrogen and oxygen atoms in total. The van der Waals surface area contributed by atoms with Crippen LogP contribution in [0, 0.1) is 0 Å². The van der Waals surface area contributed by atoms with E-state index in [1.54, 1.807) is 6.20 Å². The third-order valence-corrected chi connectivity index (χ3v) is 5.05. The number of hydrogen-bond acceptors (Lipinski definition) is 6. The number of hydrogen-bond donors (Lipinski definition) is 0. The third kappa shape index (κ3) is 4.79. The molecule has 2 aromatic heterocycles. The van der Waals surface area contributed by atoms with E-state index in [0.29, 0.717) is 12.6 Å². The van der Waals surface area contributed by atoms with Crippen LogP contribution in [0.5, 0.6) is 0 Å². The Morgan fingerprint density at radius 3 is 2.59 bits per heavy atom. The average molecular weight is 393 g/mol. The zero-order chi connectivity index (χ0) is 20.4. The second-order valence-corrected chi connectivity index (χ2v) is 8.55. The molecule has 0 N–H and O–H groups in total. The smallest absolute Gasteiger partial charge is 0.320 e. The van der Waals surface area contributed by atoms with Gasteiger partial charge < -0.3 is 4.74 Å². The van der Waals surface area contributed by atoms with Crippen molar-refractivity contribution in [3.63, 3.8) is 0 Å². The first-order valence-electron chi connectivity index (χ1n) is 10.1. The van der Waals surface area contributed by atoms with Crippen LogP contribution in [0.4, 0.5) is 0 Å². The molecule has 1 fully saturated rings. The van der Waals surface area contributed by atoms with Gasteiger partial charge in [-0.3, -0.25) is 19.4 Å². The molecule has 0 saturated carbocycles. The van der Waals surface area contributed by atoms with Crippen molar-refractivity contribution in [2.24, 2.45) is 0 Å². The number of fused-ring (bicyclic) bond motifs is 1. The maximum atomic E-state index is 12.0. The van der Waals surface area contributed by atoms with Gasteiger partial charge in [-0.05, 0) is 45.7 Å². The molecule has 152 valence electrons. The summed E-state index contributed by atoms with van der Waals surface area (Å²) < 4.78 is 7.45. The van der Waals surface area contributed by atoms with E-state index in [1.807, 2.05) is 62.1 Å². The highest BCUT2D eigenvalue weighted by atomic mass is 16.6. The van der Waals surface area contributed by atoms with E-state index in [1.165, 1.54) is 0 Å². The number of rotatable bonds is 4. The van der Waals surface area contributed by atoms with E-state index < -0.39 is 5.60 Å². The molecule has 0 radical (unpaired) electrons. The predicted molar refractivity (Wildman–Crippen MR) is 111 cm³/mol. The van der Waals surface area contributed by atoms with Gasteiger partial charge in [-0.25, -0.2) is 4.98 Å². The first kappa shape index (κ1) is 19.5. The summed E-state index contributed by atoms with van der Waals surface area (Å²) in [4.78, 5) is 23.4. The van der Waals surface area contributed by atoms with Crippen LogP contribution >= 0.6 is 0 Å². The van der Waals surface area contributed by atoms with Crippen molar-refractivity contribution >= 4 is 17.0 Å². The molecule has 1 aliphatic rings. The maximum Gasteiger partial charge on any atom is 0.320 e. The third-order valence-electron chi connectivity index (χ3n) is 5.05. The van der Waals surface area contributed by atoms with Gasteiger partial charge in [0.15, 0.2) is 0 Å². The van der Waals surface area contributed by atoms with Gasteiger partial charge in [0.1, 0.15) is 5.60 Å². The first-order chi connectivity index (χ1) is 13.9. The van der Waals surface area contributed by atoms with Gasteiger partial charge in [-0.15, -0.1) is 0 Å². The van der Waals surface area contributed by atoms with Crippen LogP contribution in [0.1, 0.15) is 39.7 Å². The first-order valence-corrected chi connectivity index (χ1v) is 10.1. The highest BCUT2D eigenvalue weighted by Crippen LogP contribution is 2.25. The number of likely N-dealkylation sites (tertiary alicyclic amines) is 1. The van der Waals surface area contributed by atoms with Crippen LogP contribution in [-0.2, 0) is 9.53 Å². The number of benzene rings is 1. The molecule has 0 spiro atoms. The van der Waals surface area contributed by atoms with Crippen LogP contribution in [0.15, 0.2) is 42.9 Å². The summed E-state index contributed by atoms with van der Waals surface area (Å²) in [5, 5.41) is 4.57. The van der Waals surface area contributed by atoms with Crippen LogP contribution in [-0.4, -0.2) is 55.9 Å². The van der Waals surface area contributed by atoms with E-state index in [4.69, 9.17) is 9.72 Å². The lowest BCUT2D eigenvalue weighted by molar-refractivity contribution is -0.156. The summed E-state index contributed by atoms with van der Waals surface area (Å²) in [6.07, 6.45) is 7.60. The van der Waals surface area contributed by atoms with Crippen molar-refractivity contribution in [1.29, 1.82) is 0 Å². The molecule has 0 unspecified atom stereocenters. The number of ether oxygens (including phenoxy) is 1. The normalized spacial score (nSPS) is 16.2. The van der Waals surface area contributed by atoms with Crippen LogP contribution in [0.25, 0.3) is 22.3 Å². The zero-order valence-electron chi connectivity index (χ0n) is 17.2. The second kappa shape index (κ2) is 7.91. The minimum atomic E-state index is -0.438. The van der Waals surface area contributed by atoms with Gasteiger partial charge in [-0.1, -0.05) is 12.1 Å². The minimum Gasteiger partial charge on any atom is -0.459 e. The summed E-state index contributed by atoms with van der Waals surface area (Å²) in [6, 6.07) is 8.18. The monoisotopic (exact) mass is 393 g/mol. The molecule has 3 heterocycles.